The molecule has 2 aromatic rings. The van der Waals surface area contributed by atoms with Gasteiger partial charge in [-0.25, -0.2) is 4.98 Å². The Hall–Kier alpha value is -2.68. The number of aryl methyl sites for hydroxylation is 1. The standard InChI is InChI=1S/C19H22N4O2/c20-13-19(11-4-1-5-12-19)23-17(24)10-6-9-16-21-15-8-3-2-7-14(15)18(25)22-16/h2-3,7-8H,1,4-6,9-12H2,(H,23,24)(H,21,22,25). The van der Waals surface area contributed by atoms with E-state index in [2.05, 4.69) is 21.4 Å². The van der Waals surface area contributed by atoms with Crippen LogP contribution < -0.4 is 10.9 Å². The molecule has 1 amide bonds. The Bertz CT molecular complexity index is 860. The van der Waals surface area contributed by atoms with Gasteiger partial charge in [-0.05, 0) is 31.4 Å². The van der Waals surface area contributed by atoms with Crippen molar-refractivity contribution in [3.63, 3.8) is 0 Å². The first kappa shape index (κ1) is 17.2. The van der Waals surface area contributed by atoms with Gasteiger partial charge in [0, 0.05) is 12.8 Å². The van der Waals surface area contributed by atoms with Gasteiger partial charge in [-0.2, -0.15) is 5.26 Å². The summed E-state index contributed by atoms with van der Waals surface area (Å²) in [4.78, 5) is 31.4. The minimum Gasteiger partial charge on any atom is -0.338 e. The van der Waals surface area contributed by atoms with Gasteiger partial charge in [-0.3, -0.25) is 9.59 Å². The van der Waals surface area contributed by atoms with Crippen molar-refractivity contribution in [2.45, 2.75) is 56.9 Å². The summed E-state index contributed by atoms with van der Waals surface area (Å²) in [6.07, 6.45) is 5.97. The lowest BCUT2D eigenvalue weighted by atomic mass is 9.83. The van der Waals surface area contributed by atoms with Crippen molar-refractivity contribution in [2.75, 3.05) is 0 Å². The first-order valence-electron chi connectivity index (χ1n) is 8.82. The monoisotopic (exact) mass is 338 g/mol. The summed E-state index contributed by atoms with van der Waals surface area (Å²) >= 11 is 0. The maximum absolute atomic E-state index is 12.2. The van der Waals surface area contributed by atoms with Crippen LogP contribution in [0.2, 0.25) is 0 Å². The van der Waals surface area contributed by atoms with Gasteiger partial charge in [0.15, 0.2) is 0 Å². The van der Waals surface area contributed by atoms with E-state index in [9.17, 15) is 14.9 Å². The number of amides is 1. The van der Waals surface area contributed by atoms with E-state index in [0.717, 1.165) is 32.1 Å². The highest BCUT2D eigenvalue weighted by Gasteiger charge is 2.33. The molecule has 1 aromatic heterocycles. The van der Waals surface area contributed by atoms with E-state index in [1.165, 1.54) is 0 Å². The molecule has 0 atom stereocenters. The lowest BCUT2D eigenvalue weighted by Crippen LogP contribution is -2.48. The normalized spacial score (nSPS) is 16.3. The van der Waals surface area contributed by atoms with Gasteiger partial charge in [-0.15, -0.1) is 0 Å². The third-order valence-electron chi connectivity index (χ3n) is 4.78. The van der Waals surface area contributed by atoms with Crippen molar-refractivity contribution >= 4 is 16.8 Å². The molecule has 1 aliphatic carbocycles. The highest BCUT2D eigenvalue weighted by Crippen LogP contribution is 2.27. The van der Waals surface area contributed by atoms with E-state index >= 15 is 0 Å². The largest absolute Gasteiger partial charge is 0.338 e. The van der Waals surface area contributed by atoms with Crippen molar-refractivity contribution in [1.82, 2.24) is 15.3 Å². The summed E-state index contributed by atoms with van der Waals surface area (Å²) in [5.74, 6) is 0.482. The molecule has 1 aromatic carbocycles. The zero-order valence-corrected chi connectivity index (χ0v) is 14.2. The molecular weight excluding hydrogens is 316 g/mol. The Morgan fingerprint density at radius 1 is 1.28 bits per heavy atom. The molecule has 0 saturated heterocycles. The summed E-state index contributed by atoms with van der Waals surface area (Å²) in [7, 11) is 0. The number of carbonyl (C=O) groups excluding carboxylic acids is 1. The number of nitriles is 1. The highest BCUT2D eigenvalue weighted by molar-refractivity contribution is 5.78. The number of nitrogens with zero attached hydrogens (tertiary/aromatic N) is 2. The Kier molecular flexibility index (Phi) is 5.13. The molecule has 0 spiro atoms. The first-order chi connectivity index (χ1) is 12.1. The molecule has 6 heteroatoms. The molecule has 2 N–H and O–H groups in total. The fourth-order valence-electron chi connectivity index (χ4n) is 3.42. The Morgan fingerprint density at radius 2 is 2.04 bits per heavy atom. The van der Waals surface area contributed by atoms with E-state index in [-0.39, 0.29) is 11.5 Å². The molecule has 1 heterocycles. The zero-order valence-electron chi connectivity index (χ0n) is 14.2. The number of fused-ring (bicyclic) bond motifs is 1. The number of aromatic nitrogens is 2. The minimum atomic E-state index is -0.690. The Labute approximate surface area is 146 Å². The van der Waals surface area contributed by atoms with Crippen molar-refractivity contribution in [3.05, 3.63) is 40.4 Å². The van der Waals surface area contributed by atoms with Crippen molar-refractivity contribution < 1.29 is 4.79 Å². The van der Waals surface area contributed by atoms with E-state index < -0.39 is 5.54 Å². The summed E-state index contributed by atoms with van der Waals surface area (Å²) < 4.78 is 0. The molecule has 0 bridgehead atoms. The fourth-order valence-corrected chi connectivity index (χ4v) is 3.42. The number of H-pyrrole nitrogens is 1. The summed E-state index contributed by atoms with van der Waals surface area (Å²) in [5.41, 5.74) is -0.183. The van der Waals surface area contributed by atoms with E-state index in [0.29, 0.717) is 36.0 Å². The molecular formula is C19H22N4O2. The van der Waals surface area contributed by atoms with Gasteiger partial charge in [-0.1, -0.05) is 31.4 Å². The van der Waals surface area contributed by atoms with Gasteiger partial charge in [0.05, 0.1) is 17.0 Å². The predicted molar refractivity (Wildman–Crippen MR) is 94.9 cm³/mol. The Balaban J connectivity index is 1.57. The zero-order chi connectivity index (χ0) is 17.7. The first-order valence-corrected chi connectivity index (χ1v) is 8.82. The maximum atomic E-state index is 12.2. The number of carbonyl (C=O) groups is 1. The molecule has 0 aliphatic heterocycles. The van der Waals surface area contributed by atoms with Gasteiger partial charge >= 0.3 is 0 Å². The minimum absolute atomic E-state index is 0.105. The maximum Gasteiger partial charge on any atom is 0.258 e. The van der Waals surface area contributed by atoms with Crippen LogP contribution in [0.5, 0.6) is 0 Å². The van der Waals surface area contributed by atoms with Crippen LogP contribution >= 0.6 is 0 Å². The van der Waals surface area contributed by atoms with E-state index in [1.54, 1.807) is 18.2 Å². The van der Waals surface area contributed by atoms with Crippen LogP contribution in [0.25, 0.3) is 10.9 Å². The second kappa shape index (κ2) is 7.47. The van der Waals surface area contributed by atoms with Crippen LogP contribution in [-0.2, 0) is 11.2 Å². The smallest absolute Gasteiger partial charge is 0.258 e. The summed E-state index contributed by atoms with van der Waals surface area (Å²) in [6.45, 7) is 0. The molecule has 0 radical (unpaired) electrons. The van der Waals surface area contributed by atoms with E-state index in [4.69, 9.17) is 0 Å². The van der Waals surface area contributed by atoms with Crippen LogP contribution in [0, 0.1) is 11.3 Å². The number of hydrogen-bond acceptors (Lipinski definition) is 4. The molecule has 1 fully saturated rings. The van der Waals surface area contributed by atoms with Crippen LogP contribution in [0.3, 0.4) is 0 Å². The molecule has 130 valence electrons. The highest BCUT2D eigenvalue weighted by atomic mass is 16.1. The second-order valence-electron chi connectivity index (χ2n) is 6.69. The third kappa shape index (κ3) is 4.05. The molecule has 1 aliphatic rings. The topological polar surface area (TPSA) is 98.6 Å². The SMILES string of the molecule is N#CC1(NC(=O)CCCc2nc3ccccc3c(=O)[nH]2)CCCCC1. The quantitative estimate of drug-likeness (QED) is 0.875. The van der Waals surface area contributed by atoms with Crippen molar-refractivity contribution in [1.29, 1.82) is 5.26 Å². The molecule has 1 saturated carbocycles. The van der Waals surface area contributed by atoms with Crippen LogP contribution in [0.1, 0.15) is 50.8 Å². The predicted octanol–water partition coefficient (Wildman–Crippen LogP) is 2.59. The van der Waals surface area contributed by atoms with Gasteiger partial charge in [0.2, 0.25) is 5.91 Å². The van der Waals surface area contributed by atoms with Crippen LogP contribution in [-0.4, -0.2) is 21.4 Å². The van der Waals surface area contributed by atoms with Crippen LogP contribution in [0.4, 0.5) is 0 Å². The average molecular weight is 338 g/mol. The third-order valence-corrected chi connectivity index (χ3v) is 4.78. The summed E-state index contributed by atoms with van der Waals surface area (Å²) in [6, 6.07) is 9.49. The van der Waals surface area contributed by atoms with E-state index in [1.807, 2.05) is 6.07 Å². The summed E-state index contributed by atoms with van der Waals surface area (Å²) in [5, 5.41) is 12.9. The number of aromatic amines is 1. The molecule has 25 heavy (non-hydrogen) atoms. The number of rotatable bonds is 5. The van der Waals surface area contributed by atoms with Gasteiger partial charge < -0.3 is 10.3 Å². The molecule has 0 unspecified atom stereocenters. The van der Waals surface area contributed by atoms with Gasteiger partial charge in [0.25, 0.3) is 5.56 Å². The Morgan fingerprint density at radius 3 is 2.80 bits per heavy atom. The fraction of sp³-hybridized carbons (Fsp3) is 0.474. The van der Waals surface area contributed by atoms with Crippen molar-refractivity contribution in [3.8, 4) is 6.07 Å². The number of benzene rings is 1. The van der Waals surface area contributed by atoms with Gasteiger partial charge in [0.1, 0.15) is 11.4 Å². The van der Waals surface area contributed by atoms with Crippen molar-refractivity contribution in [2.24, 2.45) is 0 Å². The number of para-hydroxylation sites is 1. The average Bonchev–Trinajstić information content (AvgIpc) is 2.62. The lowest BCUT2D eigenvalue weighted by molar-refractivity contribution is -0.122. The molecule has 6 nitrogen and oxygen atoms in total. The molecule has 3 rings (SSSR count). The number of hydrogen-bond donors (Lipinski definition) is 2. The number of nitrogens with one attached hydrogen (secondary N) is 2. The van der Waals surface area contributed by atoms with Crippen LogP contribution in [0.15, 0.2) is 29.1 Å². The second-order valence-corrected chi connectivity index (χ2v) is 6.69. The lowest BCUT2D eigenvalue weighted by Gasteiger charge is -2.31.